The molecule has 1 aromatic carbocycles. The minimum Gasteiger partial charge on any atom is -0.363 e. The number of hydrogen-bond acceptors (Lipinski definition) is 19. The molecule has 3 unspecified atom stereocenters. The highest BCUT2D eigenvalue weighted by Gasteiger charge is 2.73. The number of benzene rings is 1. The van der Waals surface area contributed by atoms with E-state index in [1.165, 1.54) is 22.0 Å². The molecular weight excluding hydrogens is 1920 g/mol. The van der Waals surface area contributed by atoms with Gasteiger partial charge in [-0.15, -0.1) is 13.2 Å². The number of unbranched alkanes of at least 4 members (excludes halogenated alkanes) is 1. The molecule has 0 aromatic heterocycles. The number of amides is 21. The molecule has 6 saturated carbocycles. The first kappa shape index (κ1) is 119. The number of urea groups is 5. The molecule has 21 amide bonds. The first-order valence-corrected chi connectivity index (χ1v) is 54.8. The minimum absolute atomic E-state index is 0.0136. The van der Waals surface area contributed by atoms with E-state index in [4.69, 9.17) is 5.73 Å². The molecule has 6 aliphatic heterocycles. The number of rotatable bonds is 39. The van der Waals surface area contributed by atoms with Gasteiger partial charge in [0.15, 0.2) is 0 Å². The van der Waals surface area contributed by atoms with E-state index in [1.54, 1.807) is 67.8 Å². The van der Waals surface area contributed by atoms with Crippen LogP contribution >= 0.6 is 0 Å². The molecule has 5 saturated heterocycles. The van der Waals surface area contributed by atoms with Gasteiger partial charge in [0.2, 0.25) is 52.8 Å². The summed E-state index contributed by atoms with van der Waals surface area (Å²) >= 11 is 0. The van der Waals surface area contributed by atoms with E-state index in [-0.39, 0.29) is 125 Å². The SMILES string of the molecule is C=CCNC(=O)C(=O)C(CCC)NC(=O)[C@@H]1[C@@H]2[C@H](CN1C(=O)[C@@H](NC(=O)N[C@H](CN1CCCN(C)C1=O)C(C)(C)C)C1CCCCC1)C2(C)C.C=CCNC(=O)C(=O)C(CCCC)NC(=O)[C@@H]1[C@@H]2[C@H](CN1C(=O)[C@@H](NC(=O)N[C@H](CN1CCCN(C)C1=O)C(C)(C)C)C(C)(C)C)C2(C)C.CC(C)(C)[C@H](NC(=O)NC1(CN2C(=O)c3ccccc3C2=O)CCCCC1)C(=O)N1C[C@H]2[C@@H]([C@H]1C(=O)NC(CC1CCC1)C(=O)C(N)=O)C2(C)C. The predicted molar refractivity (Wildman–Crippen MR) is 566 cm³/mol. The van der Waals surface area contributed by atoms with Crippen LogP contribution < -0.4 is 64.2 Å². The number of imide groups is 1. The average molecular weight is 2090 g/mol. The van der Waals surface area contributed by atoms with Crippen LogP contribution in [0.4, 0.5) is 24.0 Å². The Morgan fingerprint density at radius 1 is 0.447 bits per heavy atom. The van der Waals surface area contributed by atoms with Crippen molar-refractivity contribution in [1.82, 2.24) is 97.7 Å². The van der Waals surface area contributed by atoms with Gasteiger partial charge in [0.25, 0.3) is 29.5 Å². The summed E-state index contributed by atoms with van der Waals surface area (Å²) in [5, 5.41) is 31.6. The smallest absolute Gasteiger partial charge is 0.319 e. The molecule has 17 atom stereocenters. The molecule has 39 nitrogen and oxygen atoms in total. The van der Waals surface area contributed by atoms with Gasteiger partial charge in [0.05, 0.1) is 53.4 Å². The molecule has 0 spiro atoms. The number of piperidine rings is 3. The summed E-state index contributed by atoms with van der Waals surface area (Å²) in [6.45, 7) is 51.0. The fourth-order valence-corrected chi connectivity index (χ4v) is 24.4. The number of nitrogens with zero attached hydrogens (tertiary/aromatic N) is 8. The topological polar surface area (TPSA) is 509 Å². The Labute approximate surface area is 886 Å². The summed E-state index contributed by atoms with van der Waals surface area (Å²) in [4.78, 5) is 268. The number of ketones is 3. The molecule has 39 heteroatoms. The first-order valence-electron chi connectivity index (χ1n) is 54.8. The van der Waals surface area contributed by atoms with Crippen LogP contribution in [0, 0.1) is 85.2 Å². The van der Waals surface area contributed by atoms with Gasteiger partial charge in [-0.25, -0.2) is 24.0 Å². The van der Waals surface area contributed by atoms with Crippen molar-refractivity contribution in [3.05, 3.63) is 60.7 Å². The van der Waals surface area contributed by atoms with Crippen molar-refractivity contribution in [2.45, 2.75) is 345 Å². The number of nitrogens with one attached hydrogen (secondary N) is 11. The fourth-order valence-electron chi connectivity index (χ4n) is 24.4. The van der Waals surface area contributed by atoms with Crippen molar-refractivity contribution in [3.63, 3.8) is 0 Å². The van der Waals surface area contributed by atoms with Gasteiger partial charge in [-0.05, 0) is 155 Å². The Kier molecular flexibility index (Phi) is 38.1. The summed E-state index contributed by atoms with van der Waals surface area (Å²) in [7, 11) is 3.54. The number of likely N-dealkylation sites (tertiary alicyclic amines) is 3. The standard InChI is InChI=1S/C38H52N6O7.C37H61N7O6.C36H61N7O6/c1-36(2,3)29(41-35(51)42-38(16-9-6-10-17-38)20-44-32(48)22-14-7-8-15-23(22)33(44)49)34(50)43-19-24-26(37(24,4)5)27(43)31(47)40-25(28(45)30(39)46)18-21-12-11-13-21;1-9-15-25(30(45)32(47)38-18-10-2)39-31(46)29-27-24(37(27,6)7)21-44(29)33(48)28(23-16-12-11-13-17-23)41-34(49)40-26(36(3,4)5)22-43-20-14-19-42(8)35(43)50;1-12-14-16-23(27(44)30(46)37-17-13-2)38-29(45)26-25-22(36(25,9)10)20-43(26)31(47)28(35(6,7)8)40-32(48)39-24(34(3,4)5)21-42-19-15-18-41(11)33(42)49/h7-8,14-15,21,24-27,29H,6,9-13,16-20H2,1-5H3,(H2,39,46)(H,40,47)(H2,41,42,51);10,23-29H,2,9,11-22H2,1,3-8H3,(H,38,47)(H,39,46)(H2,40,41,49);13,22-26,28H,2,12,14-21H2,1,3-11H3,(H,37,46)(H,38,45)(H2,39,40,48)/t24-,25?,26-,27-,29+;24-,25?,26+,27-,28-,29-;22-,23?,24+,25-,26-,28+/m000/s1. The summed E-state index contributed by atoms with van der Waals surface area (Å²) in [5.74, 6) is -8.35. The number of fused-ring (bicyclic) bond motifs is 4. The zero-order valence-corrected chi connectivity index (χ0v) is 93.1. The average Bonchev–Trinajstić information content (AvgIpc) is 1.53. The second-order valence-corrected chi connectivity index (χ2v) is 50.5. The van der Waals surface area contributed by atoms with Crippen LogP contribution in [0.1, 0.15) is 294 Å². The highest BCUT2D eigenvalue weighted by atomic mass is 16.2. The predicted octanol–water partition coefficient (Wildman–Crippen LogP) is 8.86. The number of carbonyl (C=O) groups excluding carboxylic acids is 19. The van der Waals surface area contributed by atoms with E-state index < -0.39 is 171 Å². The van der Waals surface area contributed by atoms with Crippen LogP contribution in [-0.2, 0) is 57.5 Å². The number of nitrogens with two attached hydrogens (primary N) is 1. The van der Waals surface area contributed by atoms with Crippen molar-refractivity contribution in [1.29, 1.82) is 0 Å². The highest BCUT2D eigenvalue weighted by molar-refractivity contribution is 6.39. The van der Waals surface area contributed by atoms with E-state index in [1.807, 2.05) is 96.9 Å². The van der Waals surface area contributed by atoms with Gasteiger partial charge in [0, 0.05) is 86.1 Å². The van der Waals surface area contributed by atoms with Crippen LogP contribution in [0.25, 0.3) is 0 Å². The summed E-state index contributed by atoms with van der Waals surface area (Å²) in [6, 6.07) is -4.40. The molecular formula is C111H174N20O19. The van der Waals surface area contributed by atoms with Crippen LogP contribution in [0.2, 0.25) is 0 Å². The van der Waals surface area contributed by atoms with Gasteiger partial charge in [-0.2, -0.15) is 0 Å². The largest absolute Gasteiger partial charge is 0.363 e. The van der Waals surface area contributed by atoms with Crippen molar-refractivity contribution < 1.29 is 91.1 Å². The maximum atomic E-state index is 14.6. The van der Waals surface area contributed by atoms with Crippen LogP contribution in [-0.4, -0.2) is 316 Å². The van der Waals surface area contributed by atoms with Crippen molar-refractivity contribution in [2.24, 2.45) is 91.0 Å². The fraction of sp³-hybridized carbons (Fsp3) is 0.739. The van der Waals surface area contributed by atoms with Crippen molar-refractivity contribution >= 4 is 112 Å². The van der Waals surface area contributed by atoms with Gasteiger partial charge in [0.1, 0.15) is 36.3 Å². The molecule has 0 bridgehead atoms. The number of primary amides is 1. The third-order valence-electron chi connectivity index (χ3n) is 34.4. The lowest BCUT2D eigenvalue weighted by Crippen LogP contribution is -2.64. The Morgan fingerprint density at radius 3 is 1.22 bits per heavy atom. The molecule has 1 aromatic rings. The number of Topliss-reactive ketones (excluding diaryl/α,β-unsaturated/α-hetero) is 3. The molecule has 11 fully saturated rings. The van der Waals surface area contributed by atoms with Gasteiger partial charge >= 0.3 is 30.2 Å². The van der Waals surface area contributed by atoms with Gasteiger partial charge in [-0.1, -0.05) is 240 Å². The number of hydrogen-bond donors (Lipinski definition) is 12. The molecule has 832 valence electrons. The third kappa shape index (κ3) is 27.4. The third-order valence-corrected chi connectivity index (χ3v) is 34.4. The van der Waals surface area contributed by atoms with Crippen LogP contribution in [0.5, 0.6) is 0 Å². The van der Waals surface area contributed by atoms with Gasteiger partial charge < -0.3 is 98.5 Å². The van der Waals surface area contributed by atoms with E-state index in [2.05, 4.69) is 113 Å². The molecule has 12 aliphatic rings. The van der Waals surface area contributed by atoms with E-state index >= 15 is 0 Å². The van der Waals surface area contributed by atoms with E-state index in [9.17, 15) is 91.1 Å². The van der Waals surface area contributed by atoms with E-state index in [0.29, 0.717) is 109 Å². The Morgan fingerprint density at radius 2 is 0.840 bits per heavy atom. The maximum Gasteiger partial charge on any atom is 0.319 e. The highest BCUT2D eigenvalue weighted by Crippen LogP contribution is 2.67. The Bertz CT molecular complexity index is 5190. The zero-order valence-electron chi connectivity index (χ0n) is 93.1. The maximum absolute atomic E-state index is 14.6. The lowest BCUT2D eigenvalue weighted by atomic mass is 9.80. The monoisotopic (exact) mass is 2090 g/mol. The molecule has 150 heavy (non-hydrogen) atoms. The second kappa shape index (κ2) is 48.2. The number of carbonyl (C=O) groups is 19. The van der Waals surface area contributed by atoms with Gasteiger partial charge in [-0.3, -0.25) is 72.0 Å². The normalized spacial score (nSPS) is 24.9. The summed E-state index contributed by atoms with van der Waals surface area (Å²) in [6.07, 6.45) is 18.5. The van der Waals surface area contributed by atoms with Crippen molar-refractivity contribution in [3.8, 4) is 0 Å². The Hall–Kier alpha value is -11.6. The molecule has 13 rings (SSSR count). The van der Waals surface area contributed by atoms with Crippen LogP contribution in [0.15, 0.2) is 49.6 Å². The lowest BCUT2D eigenvalue weighted by Gasteiger charge is -2.42. The quantitative estimate of drug-likeness (QED) is 0.0166. The van der Waals surface area contributed by atoms with E-state index in [0.717, 1.165) is 89.9 Å². The molecule has 13 N–H and O–H groups in total. The summed E-state index contributed by atoms with van der Waals surface area (Å²) in [5.41, 5.74) is 2.33. The zero-order chi connectivity index (χ0) is 111. The first-order chi connectivity index (χ1) is 70.1. The Balaban J connectivity index is 0.000000213. The molecule has 6 heterocycles. The lowest BCUT2D eigenvalue weighted by molar-refractivity contribution is -0.145. The second-order valence-electron chi connectivity index (χ2n) is 50.5. The van der Waals surface area contributed by atoms with Crippen molar-refractivity contribution in [2.75, 3.05) is 92.6 Å². The summed E-state index contributed by atoms with van der Waals surface area (Å²) < 4.78 is 0. The molecule has 0 radical (unpaired) electrons. The minimum atomic E-state index is -1.11. The molecule has 6 aliphatic carbocycles. The van der Waals surface area contributed by atoms with Crippen LogP contribution in [0.3, 0.4) is 0 Å².